The van der Waals surface area contributed by atoms with Gasteiger partial charge in [0.15, 0.2) is 0 Å². The summed E-state index contributed by atoms with van der Waals surface area (Å²) in [5, 5.41) is 6.28. The van der Waals surface area contributed by atoms with Gasteiger partial charge in [-0.25, -0.2) is 0 Å². The second-order valence-electron chi connectivity index (χ2n) is 5.30. The highest BCUT2D eigenvalue weighted by Gasteiger charge is 2.12. The Morgan fingerprint density at radius 1 is 1.05 bits per heavy atom. The number of benzene rings is 2. The minimum Gasteiger partial charge on any atom is -0.350 e. The summed E-state index contributed by atoms with van der Waals surface area (Å²) < 4.78 is 1.48. The largest absolute Gasteiger partial charge is 0.350 e. The molecule has 4 nitrogen and oxygen atoms in total. The SMILES string of the molecule is CCc1ccccc1-n1ncc2c([nH]c3ccccc32)c1=O. The van der Waals surface area contributed by atoms with Crippen molar-refractivity contribution >= 4 is 21.8 Å². The highest BCUT2D eigenvalue weighted by molar-refractivity contribution is 6.06. The van der Waals surface area contributed by atoms with Crippen LogP contribution in [-0.4, -0.2) is 14.8 Å². The second-order valence-corrected chi connectivity index (χ2v) is 5.30. The summed E-state index contributed by atoms with van der Waals surface area (Å²) in [7, 11) is 0. The van der Waals surface area contributed by atoms with Gasteiger partial charge < -0.3 is 4.98 Å². The highest BCUT2D eigenvalue weighted by Crippen LogP contribution is 2.22. The number of hydrogen-bond acceptors (Lipinski definition) is 2. The molecule has 0 fully saturated rings. The quantitative estimate of drug-likeness (QED) is 0.614. The third kappa shape index (κ3) is 1.77. The monoisotopic (exact) mass is 289 g/mol. The molecular formula is C18H15N3O. The molecule has 0 bridgehead atoms. The number of nitrogens with zero attached hydrogens (tertiary/aromatic N) is 2. The fourth-order valence-electron chi connectivity index (χ4n) is 2.93. The normalized spacial score (nSPS) is 11.3. The van der Waals surface area contributed by atoms with Crippen molar-refractivity contribution in [2.24, 2.45) is 0 Å². The first-order valence-electron chi connectivity index (χ1n) is 7.36. The first-order valence-corrected chi connectivity index (χ1v) is 7.36. The van der Waals surface area contributed by atoms with Gasteiger partial charge >= 0.3 is 0 Å². The number of nitrogens with one attached hydrogen (secondary N) is 1. The lowest BCUT2D eigenvalue weighted by Gasteiger charge is -2.08. The Labute approximate surface area is 127 Å². The summed E-state index contributed by atoms with van der Waals surface area (Å²) in [6.07, 6.45) is 2.62. The standard InChI is InChI=1S/C18H15N3O/c1-2-12-7-3-6-10-16(12)21-18(22)17-14(11-19-21)13-8-4-5-9-15(13)20-17/h3-11,20H,2H2,1H3. The molecule has 4 rings (SSSR count). The lowest BCUT2D eigenvalue weighted by atomic mass is 10.1. The van der Waals surface area contributed by atoms with E-state index in [4.69, 9.17) is 0 Å². The molecule has 0 aliphatic carbocycles. The molecule has 0 amide bonds. The van der Waals surface area contributed by atoms with Crippen molar-refractivity contribution in [3.8, 4) is 5.69 Å². The van der Waals surface area contributed by atoms with Crippen LogP contribution < -0.4 is 5.56 Å². The van der Waals surface area contributed by atoms with Gasteiger partial charge in [-0.2, -0.15) is 9.78 Å². The highest BCUT2D eigenvalue weighted by atomic mass is 16.1. The van der Waals surface area contributed by atoms with Gasteiger partial charge in [0.05, 0.1) is 11.9 Å². The van der Waals surface area contributed by atoms with E-state index in [2.05, 4.69) is 17.0 Å². The maximum absolute atomic E-state index is 12.8. The van der Waals surface area contributed by atoms with Crippen LogP contribution in [0.4, 0.5) is 0 Å². The second kappa shape index (κ2) is 4.84. The van der Waals surface area contributed by atoms with E-state index < -0.39 is 0 Å². The number of fused-ring (bicyclic) bond motifs is 3. The zero-order valence-corrected chi connectivity index (χ0v) is 12.2. The van der Waals surface area contributed by atoms with Crippen molar-refractivity contribution in [1.82, 2.24) is 14.8 Å². The lowest BCUT2D eigenvalue weighted by molar-refractivity contribution is 0.807. The van der Waals surface area contributed by atoms with E-state index in [0.717, 1.165) is 34.0 Å². The van der Waals surface area contributed by atoms with Crippen LogP contribution in [0, 0.1) is 0 Å². The van der Waals surface area contributed by atoms with E-state index in [1.54, 1.807) is 6.20 Å². The Morgan fingerprint density at radius 3 is 2.68 bits per heavy atom. The minimum absolute atomic E-state index is 0.116. The molecule has 2 heterocycles. The van der Waals surface area contributed by atoms with Gasteiger partial charge in [0.2, 0.25) is 0 Å². The Kier molecular flexibility index (Phi) is 2.82. The van der Waals surface area contributed by atoms with Crippen molar-refractivity contribution in [3.05, 3.63) is 70.6 Å². The number of aryl methyl sites for hydroxylation is 1. The van der Waals surface area contributed by atoms with Gasteiger partial charge in [-0.15, -0.1) is 0 Å². The summed E-state index contributed by atoms with van der Waals surface area (Å²) >= 11 is 0. The van der Waals surface area contributed by atoms with Crippen molar-refractivity contribution in [2.75, 3.05) is 0 Å². The smallest absolute Gasteiger partial charge is 0.295 e. The van der Waals surface area contributed by atoms with E-state index in [-0.39, 0.29) is 5.56 Å². The zero-order valence-electron chi connectivity index (χ0n) is 12.2. The molecule has 1 N–H and O–H groups in total. The van der Waals surface area contributed by atoms with Crippen LogP contribution in [0.5, 0.6) is 0 Å². The number of aromatic amines is 1. The molecule has 0 radical (unpaired) electrons. The topological polar surface area (TPSA) is 50.7 Å². The number of H-pyrrole nitrogens is 1. The summed E-state index contributed by atoms with van der Waals surface area (Å²) in [4.78, 5) is 16.1. The first kappa shape index (κ1) is 12.8. The third-order valence-electron chi connectivity index (χ3n) is 4.06. The average molecular weight is 289 g/mol. The van der Waals surface area contributed by atoms with Gasteiger partial charge in [-0.05, 0) is 24.1 Å². The fourth-order valence-corrected chi connectivity index (χ4v) is 2.93. The summed E-state index contributed by atoms with van der Waals surface area (Å²) in [5.41, 5.74) is 3.39. The number of aromatic nitrogens is 3. The van der Waals surface area contributed by atoms with Crippen LogP contribution in [0.3, 0.4) is 0 Å². The molecule has 108 valence electrons. The average Bonchev–Trinajstić information content (AvgIpc) is 2.95. The van der Waals surface area contributed by atoms with E-state index in [1.807, 2.05) is 48.5 Å². The maximum atomic E-state index is 12.8. The van der Waals surface area contributed by atoms with Crippen molar-refractivity contribution < 1.29 is 0 Å². The van der Waals surface area contributed by atoms with Crippen LogP contribution >= 0.6 is 0 Å². The Morgan fingerprint density at radius 2 is 1.82 bits per heavy atom. The molecular weight excluding hydrogens is 274 g/mol. The maximum Gasteiger partial charge on any atom is 0.295 e. The van der Waals surface area contributed by atoms with Crippen molar-refractivity contribution in [1.29, 1.82) is 0 Å². The zero-order chi connectivity index (χ0) is 15.1. The van der Waals surface area contributed by atoms with E-state index >= 15 is 0 Å². The van der Waals surface area contributed by atoms with Gasteiger partial charge in [0, 0.05) is 16.3 Å². The molecule has 0 aliphatic heterocycles. The molecule has 22 heavy (non-hydrogen) atoms. The van der Waals surface area contributed by atoms with Crippen LogP contribution in [0.2, 0.25) is 0 Å². The van der Waals surface area contributed by atoms with Crippen LogP contribution in [-0.2, 0) is 6.42 Å². The molecule has 2 aromatic heterocycles. The van der Waals surface area contributed by atoms with Gasteiger partial charge in [-0.3, -0.25) is 4.79 Å². The Balaban J connectivity index is 2.06. The van der Waals surface area contributed by atoms with E-state index in [9.17, 15) is 4.79 Å². The molecule has 4 aromatic rings. The molecule has 4 heteroatoms. The Bertz CT molecular complexity index is 1040. The van der Waals surface area contributed by atoms with E-state index in [0.29, 0.717) is 5.52 Å². The molecule has 0 saturated carbocycles. The minimum atomic E-state index is -0.116. The molecule has 0 spiro atoms. The van der Waals surface area contributed by atoms with Gasteiger partial charge in [0.1, 0.15) is 5.52 Å². The third-order valence-corrected chi connectivity index (χ3v) is 4.06. The number of rotatable bonds is 2. The fraction of sp³-hybridized carbons (Fsp3) is 0.111. The predicted molar refractivity (Wildman–Crippen MR) is 88.6 cm³/mol. The molecule has 0 saturated heterocycles. The molecule has 0 unspecified atom stereocenters. The first-order chi connectivity index (χ1) is 10.8. The number of hydrogen-bond donors (Lipinski definition) is 1. The van der Waals surface area contributed by atoms with E-state index in [1.165, 1.54) is 4.68 Å². The van der Waals surface area contributed by atoms with Gasteiger partial charge in [-0.1, -0.05) is 43.3 Å². The van der Waals surface area contributed by atoms with Crippen LogP contribution in [0.15, 0.2) is 59.5 Å². The van der Waals surface area contributed by atoms with Crippen molar-refractivity contribution in [2.45, 2.75) is 13.3 Å². The summed E-state index contributed by atoms with van der Waals surface area (Å²) in [5.74, 6) is 0. The predicted octanol–water partition coefficient (Wildman–Crippen LogP) is 3.43. The van der Waals surface area contributed by atoms with Gasteiger partial charge in [0.25, 0.3) is 5.56 Å². The Hall–Kier alpha value is -2.88. The molecule has 0 aliphatic rings. The summed E-state index contributed by atoms with van der Waals surface area (Å²) in [6.45, 7) is 2.07. The van der Waals surface area contributed by atoms with Crippen LogP contribution in [0.25, 0.3) is 27.5 Å². The molecule has 2 aromatic carbocycles. The van der Waals surface area contributed by atoms with Crippen LogP contribution in [0.1, 0.15) is 12.5 Å². The lowest BCUT2D eigenvalue weighted by Crippen LogP contribution is -2.22. The van der Waals surface area contributed by atoms with Crippen molar-refractivity contribution in [3.63, 3.8) is 0 Å². The summed E-state index contributed by atoms with van der Waals surface area (Å²) in [6, 6.07) is 15.8. The molecule has 0 atom stereocenters. The number of para-hydroxylation sites is 2.